The first kappa shape index (κ1) is 25.2. The molecule has 4 rings (SSSR count). The summed E-state index contributed by atoms with van der Waals surface area (Å²) in [5, 5.41) is -0.257. The van der Waals surface area contributed by atoms with Gasteiger partial charge in [0.15, 0.2) is 0 Å². The minimum atomic E-state index is -0.257. The van der Waals surface area contributed by atoms with Crippen LogP contribution in [0.2, 0.25) is 12.1 Å². The molecule has 4 saturated carbocycles. The first-order valence-corrected chi connectivity index (χ1v) is 14.0. The monoisotopic (exact) mass is 451 g/mol. The minimum Gasteiger partial charge on any atom is -0.303 e. The smallest absolute Gasteiger partial charge is 0.131 e. The molecule has 4 aliphatic carbocycles. The second-order valence-corrected chi connectivity index (χ2v) is 13.3. The lowest BCUT2D eigenvalue weighted by Crippen LogP contribution is -2.54. The number of aldehydes is 1. The Morgan fingerprint density at radius 1 is 1.06 bits per heavy atom. The van der Waals surface area contributed by atoms with Crippen molar-refractivity contribution in [3.8, 4) is 0 Å². The van der Waals surface area contributed by atoms with Crippen molar-refractivity contribution in [2.75, 3.05) is 0 Å². The molecule has 1 radical (unpaired) electrons. The largest absolute Gasteiger partial charge is 0.303 e. The Hall–Kier alpha value is -0.855. The third-order valence-electron chi connectivity index (χ3n) is 12.0. The molecule has 0 amide bonds. The lowest BCUT2D eigenvalue weighted by Gasteiger charge is -2.59. The van der Waals surface area contributed by atoms with Gasteiger partial charge >= 0.3 is 0 Å². The van der Waals surface area contributed by atoms with E-state index in [1.807, 2.05) is 0 Å². The molecule has 0 aliphatic heterocycles. The van der Waals surface area contributed by atoms with E-state index >= 15 is 0 Å². The average molecular weight is 452 g/mol. The van der Waals surface area contributed by atoms with Crippen LogP contribution in [0.15, 0.2) is 12.2 Å². The molecule has 0 aromatic carbocycles. The maximum absolute atomic E-state index is 13.0. The standard InChI is InChI=1S/C30H48BO2/c1-19(2)22-13-17-30(18-32)16-12-20(3)23(27(22)30)9-10-24-21(4)8-11-25-28(24,5)15-14-26(33)29(25,6)31-7/h18,20-25,27H,1,8-17H2,2-7H3/t20-,21-,22+,23?,24?,25?,27?,28+,29-,30-/m0/s1. The van der Waals surface area contributed by atoms with Crippen molar-refractivity contribution in [2.45, 2.75) is 111 Å². The second kappa shape index (κ2) is 8.98. The van der Waals surface area contributed by atoms with E-state index in [1.54, 1.807) is 0 Å². The second-order valence-electron chi connectivity index (χ2n) is 13.3. The number of allylic oxidation sites excluding steroid dienone is 1. The lowest BCUT2D eigenvalue weighted by molar-refractivity contribution is -0.137. The summed E-state index contributed by atoms with van der Waals surface area (Å²) in [7, 11) is 2.22. The van der Waals surface area contributed by atoms with E-state index in [1.165, 1.54) is 44.0 Å². The maximum atomic E-state index is 13.0. The molecule has 10 atom stereocenters. The summed E-state index contributed by atoms with van der Waals surface area (Å²) in [6.45, 7) is 18.3. The highest BCUT2D eigenvalue weighted by molar-refractivity contribution is 6.46. The molecule has 183 valence electrons. The molecular weight excluding hydrogens is 403 g/mol. The van der Waals surface area contributed by atoms with E-state index < -0.39 is 0 Å². The number of rotatable bonds is 6. The molecule has 0 heterocycles. The number of Topliss-reactive ketones (excluding diaryl/α,β-unsaturated/α-hetero) is 1. The summed E-state index contributed by atoms with van der Waals surface area (Å²) in [6.07, 6.45) is 12.6. The van der Waals surface area contributed by atoms with Gasteiger partial charge in [0.25, 0.3) is 0 Å². The first-order chi connectivity index (χ1) is 15.5. The summed E-state index contributed by atoms with van der Waals surface area (Å²) >= 11 is 0. The minimum absolute atomic E-state index is 0.0988. The Kier molecular flexibility index (Phi) is 6.87. The molecule has 0 N–H and O–H groups in total. The topological polar surface area (TPSA) is 34.1 Å². The number of hydrogen-bond donors (Lipinski definition) is 0. The van der Waals surface area contributed by atoms with Crippen molar-refractivity contribution in [2.24, 2.45) is 52.3 Å². The Bertz CT molecular complexity index is 790. The zero-order valence-corrected chi connectivity index (χ0v) is 22.3. The van der Waals surface area contributed by atoms with Crippen LogP contribution in [-0.4, -0.2) is 19.3 Å². The van der Waals surface area contributed by atoms with Gasteiger partial charge < -0.3 is 4.79 Å². The van der Waals surface area contributed by atoms with Gasteiger partial charge in [0.05, 0.1) is 0 Å². The molecule has 3 heteroatoms. The van der Waals surface area contributed by atoms with E-state index in [0.717, 1.165) is 38.0 Å². The Labute approximate surface area is 204 Å². The maximum Gasteiger partial charge on any atom is 0.131 e. The van der Waals surface area contributed by atoms with E-state index in [4.69, 9.17) is 0 Å². The summed E-state index contributed by atoms with van der Waals surface area (Å²) in [5.74, 6) is 4.65. The molecule has 0 bridgehead atoms. The van der Waals surface area contributed by atoms with Crippen molar-refractivity contribution in [1.82, 2.24) is 0 Å². The van der Waals surface area contributed by atoms with Crippen molar-refractivity contribution in [1.29, 1.82) is 0 Å². The third-order valence-corrected chi connectivity index (χ3v) is 12.0. The molecule has 2 nitrogen and oxygen atoms in total. The Balaban J connectivity index is 1.59. The summed E-state index contributed by atoms with van der Waals surface area (Å²) < 4.78 is 0. The van der Waals surface area contributed by atoms with Crippen LogP contribution in [0.25, 0.3) is 0 Å². The highest BCUT2D eigenvalue weighted by Crippen LogP contribution is 2.65. The SMILES string of the molecule is C=C(C)[C@H]1CC[C@]2(C=O)CC[C@H](C)C(CCC3[C@@H](C)CCC4[C@]3(C)CCC(=O)[C@@]4(C)[B]C)C12. The lowest BCUT2D eigenvalue weighted by atomic mass is 9.36. The number of carbonyl (C=O) groups excluding carboxylic acids is 2. The number of hydrogen-bond acceptors (Lipinski definition) is 2. The molecule has 33 heavy (non-hydrogen) atoms. The number of fused-ring (bicyclic) bond motifs is 2. The van der Waals surface area contributed by atoms with Gasteiger partial charge in [0.2, 0.25) is 0 Å². The van der Waals surface area contributed by atoms with Crippen LogP contribution in [0.1, 0.15) is 98.8 Å². The van der Waals surface area contributed by atoms with Gasteiger partial charge in [-0.3, -0.25) is 4.79 Å². The number of ketones is 1. The van der Waals surface area contributed by atoms with Crippen LogP contribution >= 0.6 is 0 Å². The Morgan fingerprint density at radius 2 is 1.76 bits per heavy atom. The molecule has 0 saturated heterocycles. The zero-order chi connectivity index (χ0) is 24.2. The van der Waals surface area contributed by atoms with Gasteiger partial charge in [-0.2, -0.15) is 0 Å². The van der Waals surface area contributed by atoms with E-state index in [2.05, 4.69) is 55.3 Å². The Morgan fingerprint density at radius 3 is 2.39 bits per heavy atom. The fourth-order valence-corrected chi connectivity index (χ4v) is 9.87. The van der Waals surface area contributed by atoms with Crippen molar-refractivity contribution >= 4 is 19.3 Å². The van der Waals surface area contributed by atoms with Crippen LogP contribution in [0, 0.1) is 52.3 Å². The normalized spacial score (nSPS) is 49.8. The van der Waals surface area contributed by atoms with E-state index in [9.17, 15) is 9.59 Å². The van der Waals surface area contributed by atoms with Crippen LogP contribution in [-0.2, 0) is 9.59 Å². The zero-order valence-electron chi connectivity index (χ0n) is 22.3. The van der Waals surface area contributed by atoms with E-state index in [0.29, 0.717) is 41.3 Å². The fourth-order valence-electron chi connectivity index (χ4n) is 9.87. The van der Waals surface area contributed by atoms with Gasteiger partial charge in [-0.1, -0.05) is 53.1 Å². The van der Waals surface area contributed by atoms with Gasteiger partial charge in [-0.25, -0.2) is 0 Å². The highest BCUT2D eigenvalue weighted by atomic mass is 16.1. The number of carbonyl (C=O) groups is 2. The average Bonchev–Trinajstić information content (AvgIpc) is 3.18. The fraction of sp³-hybridized carbons (Fsp3) is 0.867. The molecule has 4 fully saturated rings. The van der Waals surface area contributed by atoms with Crippen LogP contribution in [0.3, 0.4) is 0 Å². The van der Waals surface area contributed by atoms with E-state index in [-0.39, 0.29) is 16.1 Å². The van der Waals surface area contributed by atoms with Gasteiger partial charge in [0.1, 0.15) is 19.3 Å². The predicted molar refractivity (Wildman–Crippen MR) is 138 cm³/mol. The van der Waals surface area contributed by atoms with Crippen molar-refractivity contribution in [3.05, 3.63) is 12.2 Å². The molecule has 0 aromatic rings. The van der Waals surface area contributed by atoms with Gasteiger partial charge in [0, 0.05) is 11.8 Å². The van der Waals surface area contributed by atoms with Crippen LogP contribution in [0.5, 0.6) is 0 Å². The molecular formula is C30H48BO2. The van der Waals surface area contributed by atoms with Crippen LogP contribution < -0.4 is 0 Å². The van der Waals surface area contributed by atoms with Crippen LogP contribution in [0.4, 0.5) is 0 Å². The highest BCUT2D eigenvalue weighted by Gasteiger charge is 2.59. The summed E-state index contributed by atoms with van der Waals surface area (Å²) in [4.78, 5) is 25.5. The molecule has 4 unspecified atom stereocenters. The van der Waals surface area contributed by atoms with Crippen molar-refractivity contribution in [3.63, 3.8) is 0 Å². The predicted octanol–water partition coefficient (Wildman–Crippen LogP) is 7.56. The molecule has 0 aromatic heterocycles. The quantitative estimate of drug-likeness (QED) is 0.237. The first-order valence-electron chi connectivity index (χ1n) is 14.0. The molecule has 4 aliphatic rings. The summed E-state index contributed by atoms with van der Waals surface area (Å²) in [6, 6.07) is 0. The summed E-state index contributed by atoms with van der Waals surface area (Å²) in [5.41, 5.74) is 1.44. The molecule has 0 spiro atoms. The van der Waals surface area contributed by atoms with Crippen molar-refractivity contribution < 1.29 is 9.59 Å². The van der Waals surface area contributed by atoms with Gasteiger partial charge in [-0.15, -0.1) is 0 Å². The van der Waals surface area contributed by atoms with Gasteiger partial charge in [-0.05, 0) is 110 Å². The third kappa shape index (κ3) is 3.83.